The molecule has 3 aromatic rings. The van der Waals surface area contributed by atoms with Crippen molar-refractivity contribution in [2.75, 3.05) is 32.8 Å². The van der Waals surface area contributed by atoms with Crippen molar-refractivity contribution in [3.05, 3.63) is 78.5 Å². The van der Waals surface area contributed by atoms with Crippen LogP contribution in [0.2, 0.25) is 0 Å². The van der Waals surface area contributed by atoms with E-state index in [0.29, 0.717) is 31.3 Å². The lowest BCUT2D eigenvalue weighted by atomic mass is 10.1. The third kappa shape index (κ3) is 6.23. The highest BCUT2D eigenvalue weighted by Crippen LogP contribution is 2.15. The van der Waals surface area contributed by atoms with Gasteiger partial charge in [-0.05, 0) is 29.8 Å². The lowest BCUT2D eigenvalue weighted by molar-refractivity contribution is 0.107. The highest BCUT2D eigenvalue weighted by Gasteiger charge is 2.22. The first-order chi connectivity index (χ1) is 15.3. The second kappa shape index (κ2) is 10.5. The molecule has 0 bridgehead atoms. The monoisotopic (exact) mass is 419 g/mol. The van der Waals surface area contributed by atoms with E-state index in [-0.39, 0.29) is 6.09 Å². The number of nitrogens with zero attached hydrogens (tertiary/aromatic N) is 5. The highest BCUT2D eigenvalue weighted by atomic mass is 16.6. The molecule has 8 heteroatoms. The Hall–Kier alpha value is -3.52. The molecule has 0 atom stereocenters. The van der Waals surface area contributed by atoms with Crippen molar-refractivity contribution in [2.24, 2.45) is 0 Å². The first-order valence-electron chi connectivity index (χ1n) is 10.3. The van der Waals surface area contributed by atoms with E-state index in [4.69, 9.17) is 9.47 Å². The van der Waals surface area contributed by atoms with Crippen molar-refractivity contribution in [3.8, 4) is 11.6 Å². The van der Waals surface area contributed by atoms with Crippen molar-refractivity contribution in [1.82, 2.24) is 24.8 Å². The lowest BCUT2D eigenvalue weighted by Crippen LogP contribution is -2.49. The van der Waals surface area contributed by atoms with Gasteiger partial charge in [-0.3, -0.25) is 4.90 Å². The number of ether oxygens (including phenoxy) is 2. The molecule has 0 saturated carbocycles. The standard InChI is InChI=1S/C23H25N5O3/c29-23(28-14-12-27(13-15-28)17-20-8-11-24-18-26-20)31-21-6-4-19(5-7-21)9-16-30-22-3-1-2-10-25-22/h1-8,10-11,18H,9,12-17H2. The molecule has 2 aromatic heterocycles. The quantitative estimate of drug-likeness (QED) is 0.582. The van der Waals surface area contributed by atoms with Crippen molar-refractivity contribution in [2.45, 2.75) is 13.0 Å². The second-order valence-corrected chi connectivity index (χ2v) is 7.24. The summed E-state index contributed by atoms with van der Waals surface area (Å²) >= 11 is 0. The number of hydrogen-bond acceptors (Lipinski definition) is 7. The predicted octanol–water partition coefficient (Wildman–Crippen LogP) is 2.81. The minimum Gasteiger partial charge on any atom is -0.477 e. The molecule has 0 unspecified atom stereocenters. The summed E-state index contributed by atoms with van der Waals surface area (Å²) < 4.78 is 11.2. The van der Waals surface area contributed by atoms with Crippen molar-refractivity contribution < 1.29 is 14.3 Å². The van der Waals surface area contributed by atoms with E-state index in [2.05, 4.69) is 19.9 Å². The van der Waals surface area contributed by atoms with Crippen LogP contribution in [0.4, 0.5) is 4.79 Å². The largest absolute Gasteiger partial charge is 0.477 e. The summed E-state index contributed by atoms with van der Waals surface area (Å²) in [7, 11) is 0. The van der Waals surface area contributed by atoms with Crippen molar-refractivity contribution in [3.63, 3.8) is 0 Å². The van der Waals surface area contributed by atoms with Crippen LogP contribution in [-0.4, -0.2) is 63.6 Å². The minimum atomic E-state index is -0.312. The number of benzene rings is 1. The van der Waals surface area contributed by atoms with Crippen LogP contribution in [-0.2, 0) is 13.0 Å². The Labute approximate surface area is 181 Å². The Kier molecular flexibility index (Phi) is 7.02. The van der Waals surface area contributed by atoms with Gasteiger partial charge in [0.15, 0.2) is 0 Å². The smallest absolute Gasteiger partial charge is 0.415 e. The molecule has 4 rings (SSSR count). The molecular weight excluding hydrogens is 394 g/mol. The molecule has 8 nitrogen and oxygen atoms in total. The van der Waals surface area contributed by atoms with Gasteiger partial charge in [0.2, 0.25) is 5.88 Å². The molecule has 1 saturated heterocycles. The summed E-state index contributed by atoms with van der Waals surface area (Å²) in [6, 6.07) is 15.0. The highest BCUT2D eigenvalue weighted by molar-refractivity contribution is 5.70. The predicted molar refractivity (Wildman–Crippen MR) is 115 cm³/mol. The fourth-order valence-corrected chi connectivity index (χ4v) is 3.32. The molecule has 1 aliphatic heterocycles. The number of carbonyl (C=O) groups is 1. The molecular formula is C23H25N5O3. The minimum absolute atomic E-state index is 0.312. The molecule has 3 heterocycles. The van der Waals surface area contributed by atoms with E-state index < -0.39 is 0 Å². The van der Waals surface area contributed by atoms with Gasteiger partial charge in [-0.2, -0.15) is 0 Å². The molecule has 1 fully saturated rings. The van der Waals surface area contributed by atoms with Gasteiger partial charge >= 0.3 is 6.09 Å². The zero-order valence-corrected chi connectivity index (χ0v) is 17.3. The van der Waals surface area contributed by atoms with Gasteiger partial charge in [0.05, 0.1) is 12.3 Å². The maximum Gasteiger partial charge on any atom is 0.415 e. The van der Waals surface area contributed by atoms with E-state index >= 15 is 0 Å². The Morgan fingerprint density at radius 1 is 0.935 bits per heavy atom. The van der Waals surface area contributed by atoms with E-state index in [1.165, 1.54) is 0 Å². The molecule has 1 amide bonds. The maximum absolute atomic E-state index is 12.5. The van der Waals surface area contributed by atoms with Gasteiger partial charge in [-0.25, -0.2) is 19.7 Å². The number of carbonyl (C=O) groups excluding carboxylic acids is 1. The number of rotatable bonds is 7. The average molecular weight is 419 g/mol. The fourth-order valence-electron chi connectivity index (χ4n) is 3.32. The van der Waals surface area contributed by atoms with Crippen LogP contribution in [0.25, 0.3) is 0 Å². The van der Waals surface area contributed by atoms with Gasteiger partial charge in [0.25, 0.3) is 0 Å². The molecule has 160 valence electrons. The van der Waals surface area contributed by atoms with Gasteiger partial charge in [-0.1, -0.05) is 18.2 Å². The SMILES string of the molecule is O=C(Oc1ccc(CCOc2ccccn2)cc1)N1CCN(Cc2ccncn2)CC1. The zero-order valence-electron chi connectivity index (χ0n) is 17.3. The number of amides is 1. The first-order valence-corrected chi connectivity index (χ1v) is 10.3. The van der Waals surface area contributed by atoms with E-state index in [0.717, 1.165) is 37.3 Å². The Bertz CT molecular complexity index is 946. The third-order valence-corrected chi connectivity index (χ3v) is 5.07. The van der Waals surface area contributed by atoms with E-state index in [9.17, 15) is 4.79 Å². The van der Waals surface area contributed by atoms with Crippen molar-refractivity contribution in [1.29, 1.82) is 0 Å². The summed E-state index contributed by atoms with van der Waals surface area (Å²) in [6.45, 7) is 4.13. The molecule has 0 N–H and O–H groups in total. The second-order valence-electron chi connectivity index (χ2n) is 7.24. The summed E-state index contributed by atoms with van der Waals surface area (Å²) in [5, 5.41) is 0. The van der Waals surface area contributed by atoms with Crippen LogP contribution < -0.4 is 9.47 Å². The molecule has 0 aliphatic carbocycles. The molecule has 1 aromatic carbocycles. The topological polar surface area (TPSA) is 80.7 Å². The first kappa shape index (κ1) is 20.7. The van der Waals surface area contributed by atoms with E-state index in [1.807, 2.05) is 48.5 Å². The normalized spacial score (nSPS) is 14.3. The van der Waals surface area contributed by atoms with Crippen LogP contribution >= 0.6 is 0 Å². The number of piperazine rings is 1. The fraction of sp³-hybridized carbons (Fsp3) is 0.304. The van der Waals surface area contributed by atoms with Crippen molar-refractivity contribution >= 4 is 6.09 Å². The third-order valence-electron chi connectivity index (χ3n) is 5.07. The zero-order chi connectivity index (χ0) is 21.3. The van der Waals surface area contributed by atoms with Gasteiger partial charge in [-0.15, -0.1) is 0 Å². The summed E-state index contributed by atoms with van der Waals surface area (Å²) in [5.74, 6) is 1.16. The van der Waals surface area contributed by atoms with Crippen LogP contribution in [0.15, 0.2) is 67.3 Å². The maximum atomic E-state index is 12.5. The van der Waals surface area contributed by atoms with Crippen LogP contribution in [0.3, 0.4) is 0 Å². The van der Waals surface area contributed by atoms with E-state index in [1.54, 1.807) is 23.6 Å². The Morgan fingerprint density at radius 3 is 2.48 bits per heavy atom. The summed E-state index contributed by atoms with van der Waals surface area (Å²) in [4.78, 5) is 28.8. The van der Waals surface area contributed by atoms with Gasteiger partial charge in [0, 0.05) is 57.6 Å². The number of pyridine rings is 1. The van der Waals surface area contributed by atoms with Crippen LogP contribution in [0.1, 0.15) is 11.3 Å². The summed E-state index contributed by atoms with van der Waals surface area (Å²) in [5.41, 5.74) is 2.09. The van der Waals surface area contributed by atoms with Gasteiger partial charge < -0.3 is 14.4 Å². The number of aromatic nitrogens is 3. The molecule has 0 spiro atoms. The lowest BCUT2D eigenvalue weighted by Gasteiger charge is -2.33. The van der Waals surface area contributed by atoms with Gasteiger partial charge in [0.1, 0.15) is 12.1 Å². The van der Waals surface area contributed by atoms with Crippen LogP contribution in [0, 0.1) is 0 Å². The molecule has 1 aliphatic rings. The summed E-state index contributed by atoms with van der Waals surface area (Å²) in [6.07, 6.45) is 5.44. The van der Waals surface area contributed by atoms with Crippen LogP contribution in [0.5, 0.6) is 11.6 Å². The molecule has 31 heavy (non-hydrogen) atoms. The molecule has 0 radical (unpaired) electrons. The Balaban J connectivity index is 1.19. The Morgan fingerprint density at radius 2 is 1.77 bits per heavy atom. The number of hydrogen-bond donors (Lipinski definition) is 0. The average Bonchev–Trinajstić information content (AvgIpc) is 2.82.